The van der Waals surface area contributed by atoms with E-state index in [-0.39, 0.29) is 0 Å². The molecule has 1 atom stereocenters. The minimum Gasteiger partial charge on any atom is -0.494 e. The minimum atomic E-state index is 0.411. The number of benzene rings is 1. The van der Waals surface area contributed by atoms with Crippen LogP contribution in [-0.2, 0) is 6.42 Å². The molecule has 0 saturated heterocycles. The van der Waals surface area contributed by atoms with Crippen LogP contribution in [-0.4, -0.2) is 18.6 Å². The fourth-order valence-electron chi connectivity index (χ4n) is 2.25. The van der Waals surface area contributed by atoms with Gasteiger partial charge in [0.1, 0.15) is 11.3 Å². The van der Waals surface area contributed by atoms with Crippen molar-refractivity contribution in [3.05, 3.63) is 34.5 Å². The van der Waals surface area contributed by atoms with Gasteiger partial charge in [-0.1, -0.05) is 24.6 Å². The third-order valence-electron chi connectivity index (χ3n) is 3.28. The van der Waals surface area contributed by atoms with Crippen LogP contribution in [0.25, 0.3) is 10.9 Å². The summed E-state index contributed by atoms with van der Waals surface area (Å²) in [5.41, 5.74) is 8.60. The van der Waals surface area contributed by atoms with Crippen molar-refractivity contribution in [1.29, 1.82) is 0 Å². The molecule has 102 valence electrons. The number of nitrogens with zero attached hydrogens (tertiary/aromatic N) is 1. The highest BCUT2D eigenvalue weighted by molar-refractivity contribution is 6.35. The van der Waals surface area contributed by atoms with Crippen LogP contribution in [0.15, 0.2) is 18.2 Å². The van der Waals surface area contributed by atoms with Crippen molar-refractivity contribution >= 4 is 22.5 Å². The summed E-state index contributed by atoms with van der Waals surface area (Å²) in [6.45, 7) is 4.72. The summed E-state index contributed by atoms with van der Waals surface area (Å²) in [5.74, 6) is 1.17. The summed E-state index contributed by atoms with van der Waals surface area (Å²) in [7, 11) is 1.65. The van der Waals surface area contributed by atoms with Gasteiger partial charge in [-0.05, 0) is 43.5 Å². The Bertz CT molecular complexity index is 598. The summed E-state index contributed by atoms with van der Waals surface area (Å²) in [6, 6.07) is 5.89. The number of fused-ring (bicyclic) bond motifs is 1. The van der Waals surface area contributed by atoms with E-state index < -0.39 is 0 Å². The molecule has 0 amide bonds. The van der Waals surface area contributed by atoms with E-state index in [0.29, 0.717) is 12.5 Å². The van der Waals surface area contributed by atoms with Gasteiger partial charge in [0.15, 0.2) is 0 Å². The van der Waals surface area contributed by atoms with Gasteiger partial charge < -0.3 is 10.5 Å². The molecule has 4 heteroatoms. The normalized spacial score (nSPS) is 12.7. The molecular weight excluding hydrogens is 260 g/mol. The van der Waals surface area contributed by atoms with Crippen molar-refractivity contribution < 1.29 is 4.74 Å². The smallest absolute Gasteiger partial charge is 0.145 e. The van der Waals surface area contributed by atoms with Crippen molar-refractivity contribution in [2.24, 2.45) is 11.7 Å². The van der Waals surface area contributed by atoms with E-state index in [0.717, 1.165) is 33.8 Å². The molecule has 0 aliphatic rings. The Balaban J connectivity index is 2.66. The number of ether oxygens (including phenoxy) is 1. The zero-order valence-electron chi connectivity index (χ0n) is 11.5. The van der Waals surface area contributed by atoms with E-state index in [4.69, 9.17) is 22.1 Å². The molecule has 0 bridgehead atoms. The van der Waals surface area contributed by atoms with Gasteiger partial charge in [0.2, 0.25) is 0 Å². The maximum absolute atomic E-state index is 6.40. The second-order valence-corrected chi connectivity index (χ2v) is 5.35. The number of methoxy groups -OCH3 is 1. The Morgan fingerprint density at radius 3 is 2.79 bits per heavy atom. The molecular formula is C15H19ClN2O. The first-order valence-corrected chi connectivity index (χ1v) is 6.77. The number of halogens is 1. The van der Waals surface area contributed by atoms with Crippen molar-refractivity contribution in [1.82, 2.24) is 4.98 Å². The van der Waals surface area contributed by atoms with Crippen LogP contribution in [0.4, 0.5) is 0 Å². The number of rotatable bonds is 4. The summed E-state index contributed by atoms with van der Waals surface area (Å²) in [5, 5.41) is 1.70. The Hall–Kier alpha value is -1.32. The molecule has 2 N–H and O–H groups in total. The molecule has 1 heterocycles. The minimum absolute atomic E-state index is 0.411. The van der Waals surface area contributed by atoms with Crippen molar-refractivity contribution in [3.8, 4) is 5.75 Å². The first kappa shape index (κ1) is 14.1. The summed E-state index contributed by atoms with van der Waals surface area (Å²) in [6.07, 6.45) is 0.890. The third kappa shape index (κ3) is 2.82. The van der Waals surface area contributed by atoms with E-state index >= 15 is 0 Å². The molecule has 0 aliphatic carbocycles. The van der Waals surface area contributed by atoms with Gasteiger partial charge in [0.05, 0.1) is 12.1 Å². The third-order valence-corrected chi connectivity index (χ3v) is 3.58. The van der Waals surface area contributed by atoms with Gasteiger partial charge >= 0.3 is 0 Å². The largest absolute Gasteiger partial charge is 0.494 e. The maximum Gasteiger partial charge on any atom is 0.145 e. The van der Waals surface area contributed by atoms with Crippen LogP contribution < -0.4 is 10.5 Å². The molecule has 0 aliphatic heterocycles. The van der Waals surface area contributed by atoms with Crippen LogP contribution in [0.5, 0.6) is 5.75 Å². The van der Waals surface area contributed by atoms with Gasteiger partial charge in [-0.2, -0.15) is 0 Å². The average Bonchev–Trinajstić information content (AvgIpc) is 2.38. The van der Waals surface area contributed by atoms with E-state index in [9.17, 15) is 0 Å². The van der Waals surface area contributed by atoms with Crippen LogP contribution in [0.2, 0.25) is 5.02 Å². The Labute approximate surface area is 118 Å². The van der Waals surface area contributed by atoms with Gasteiger partial charge in [0.25, 0.3) is 0 Å². The van der Waals surface area contributed by atoms with Crippen molar-refractivity contribution in [2.45, 2.75) is 20.3 Å². The maximum atomic E-state index is 6.40. The number of aryl methyl sites for hydroxylation is 1. The monoisotopic (exact) mass is 278 g/mol. The van der Waals surface area contributed by atoms with Gasteiger partial charge in [-0.15, -0.1) is 0 Å². The van der Waals surface area contributed by atoms with Crippen LogP contribution >= 0.6 is 11.6 Å². The van der Waals surface area contributed by atoms with Crippen LogP contribution in [0.1, 0.15) is 18.2 Å². The molecule has 0 radical (unpaired) electrons. The fourth-order valence-corrected chi connectivity index (χ4v) is 2.62. The number of nitrogens with two attached hydrogens (primary N) is 1. The highest BCUT2D eigenvalue weighted by atomic mass is 35.5. The number of hydrogen-bond donors (Lipinski definition) is 1. The van der Waals surface area contributed by atoms with Crippen molar-refractivity contribution in [2.75, 3.05) is 13.7 Å². The lowest BCUT2D eigenvalue weighted by atomic mass is 9.97. The zero-order chi connectivity index (χ0) is 14.0. The molecule has 0 saturated carbocycles. The Morgan fingerprint density at radius 2 is 2.16 bits per heavy atom. The summed E-state index contributed by atoms with van der Waals surface area (Å²) < 4.78 is 5.38. The predicted molar refractivity (Wildman–Crippen MR) is 80.0 cm³/mol. The van der Waals surface area contributed by atoms with Gasteiger partial charge in [0, 0.05) is 11.1 Å². The topological polar surface area (TPSA) is 48.1 Å². The molecule has 1 aromatic carbocycles. The quantitative estimate of drug-likeness (QED) is 0.933. The van der Waals surface area contributed by atoms with E-state index in [1.165, 1.54) is 5.56 Å². The Kier molecular flexibility index (Phi) is 4.27. The highest BCUT2D eigenvalue weighted by Gasteiger charge is 2.13. The molecule has 0 spiro atoms. The molecule has 2 aromatic rings. The first-order chi connectivity index (χ1) is 9.06. The summed E-state index contributed by atoms with van der Waals surface area (Å²) in [4.78, 5) is 4.56. The fraction of sp³-hybridized carbons (Fsp3) is 0.400. The number of pyridine rings is 1. The second-order valence-electron chi connectivity index (χ2n) is 4.94. The lowest BCUT2D eigenvalue weighted by Gasteiger charge is -2.14. The zero-order valence-corrected chi connectivity index (χ0v) is 12.3. The first-order valence-electron chi connectivity index (χ1n) is 6.39. The van der Waals surface area contributed by atoms with Crippen LogP contribution in [0, 0.1) is 12.8 Å². The predicted octanol–water partition coefficient (Wildman–Crippen LogP) is 3.34. The molecule has 19 heavy (non-hydrogen) atoms. The standard InChI is InChI=1S/C15H19ClN2O/c1-9(8-17)6-11-4-5-13(19-3)15-14(11)12(16)7-10(2)18-15/h4-5,7,9H,6,8,17H2,1-3H3. The molecule has 1 unspecified atom stereocenters. The number of hydrogen-bond acceptors (Lipinski definition) is 3. The molecule has 2 rings (SSSR count). The summed E-state index contributed by atoms with van der Waals surface area (Å²) >= 11 is 6.40. The molecule has 0 fully saturated rings. The average molecular weight is 279 g/mol. The van der Waals surface area contributed by atoms with E-state index in [1.54, 1.807) is 7.11 Å². The SMILES string of the molecule is COc1ccc(CC(C)CN)c2c(Cl)cc(C)nc12. The lowest BCUT2D eigenvalue weighted by Crippen LogP contribution is -2.13. The van der Waals surface area contributed by atoms with Crippen LogP contribution in [0.3, 0.4) is 0 Å². The lowest BCUT2D eigenvalue weighted by molar-refractivity contribution is 0.418. The van der Waals surface area contributed by atoms with Gasteiger partial charge in [-0.3, -0.25) is 0 Å². The van der Waals surface area contributed by atoms with E-state index in [1.807, 2.05) is 19.1 Å². The van der Waals surface area contributed by atoms with E-state index in [2.05, 4.69) is 18.0 Å². The van der Waals surface area contributed by atoms with Crippen molar-refractivity contribution in [3.63, 3.8) is 0 Å². The number of aromatic nitrogens is 1. The highest BCUT2D eigenvalue weighted by Crippen LogP contribution is 2.33. The second kappa shape index (κ2) is 5.76. The Morgan fingerprint density at radius 1 is 1.42 bits per heavy atom. The van der Waals surface area contributed by atoms with Gasteiger partial charge in [-0.25, -0.2) is 4.98 Å². The molecule has 3 nitrogen and oxygen atoms in total. The molecule has 1 aromatic heterocycles.